The maximum atomic E-state index is 3.85. The lowest BCUT2D eigenvalue weighted by molar-refractivity contribution is 1.57. The summed E-state index contributed by atoms with van der Waals surface area (Å²) in [6.45, 7) is 5.26. The average Bonchev–Trinajstić information content (AvgIpc) is 1.68. The van der Waals surface area contributed by atoms with Crippen LogP contribution < -0.4 is 0 Å². The van der Waals surface area contributed by atoms with Gasteiger partial charge in [-0.05, 0) is 6.92 Å². The van der Waals surface area contributed by atoms with Crippen LogP contribution in [0.5, 0.6) is 0 Å². The molecule has 2 nitrogen and oxygen atoms in total. The highest BCUT2D eigenvalue weighted by Gasteiger charge is 1.77. The largest absolute Gasteiger partial charge is 0.236 e. The fourth-order valence-electron chi connectivity index (χ4n) is 0.215. The first kappa shape index (κ1) is 7.81. The highest BCUT2D eigenvalue weighted by molar-refractivity contribution is 14.1. The monoisotopic (exact) mass is 222 g/mol. The summed E-state index contributed by atoms with van der Waals surface area (Å²) >= 11 is 2.02. The first-order chi connectivity index (χ1) is 3.81. The number of hydrogen-bond donors (Lipinski definition) is 0. The maximum Gasteiger partial charge on any atom is 0.190 e. The standard InChI is InChI=1S/C5H7IN2/c1-3-7-5(6)8-4-2/h3-4H,1H2,2H3/b7-5-,8-4-. The Morgan fingerprint density at radius 1 is 1.75 bits per heavy atom. The van der Waals surface area contributed by atoms with Gasteiger partial charge < -0.3 is 0 Å². The molecule has 0 aromatic rings. The molecular formula is C5H7IN2. The van der Waals surface area contributed by atoms with Gasteiger partial charge in [0, 0.05) is 35.0 Å². The Bertz CT molecular complexity index is 126. The minimum absolute atomic E-state index is 0.708. The van der Waals surface area contributed by atoms with Crippen molar-refractivity contribution in [1.29, 1.82) is 0 Å². The van der Waals surface area contributed by atoms with Gasteiger partial charge in [-0.3, -0.25) is 0 Å². The summed E-state index contributed by atoms with van der Waals surface area (Å²) in [6.07, 6.45) is 3.16. The normalized spacial score (nSPS) is 12.5. The molecule has 0 saturated carbocycles. The smallest absolute Gasteiger partial charge is 0.190 e. The van der Waals surface area contributed by atoms with Crippen molar-refractivity contribution < 1.29 is 0 Å². The Hall–Kier alpha value is -0.190. The molecule has 0 spiro atoms. The van der Waals surface area contributed by atoms with Crippen LogP contribution >= 0.6 is 22.6 Å². The highest BCUT2D eigenvalue weighted by Crippen LogP contribution is 1.90. The third kappa shape index (κ3) is 3.98. The predicted octanol–water partition coefficient (Wildman–Crippen LogP) is 2.01. The van der Waals surface area contributed by atoms with Crippen molar-refractivity contribution >= 4 is 32.6 Å². The van der Waals surface area contributed by atoms with Gasteiger partial charge >= 0.3 is 0 Å². The zero-order valence-electron chi connectivity index (χ0n) is 4.63. The molecule has 0 heterocycles. The molecule has 0 bridgehead atoms. The molecule has 0 radical (unpaired) electrons. The van der Waals surface area contributed by atoms with E-state index in [-0.39, 0.29) is 0 Å². The van der Waals surface area contributed by atoms with Gasteiger partial charge in [-0.2, -0.15) is 0 Å². The van der Waals surface area contributed by atoms with E-state index in [4.69, 9.17) is 0 Å². The first-order valence-electron chi connectivity index (χ1n) is 2.14. The summed E-state index contributed by atoms with van der Waals surface area (Å²) in [4.78, 5) is 7.64. The first-order valence-corrected chi connectivity index (χ1v) is 3.22. The molecule has 0 rings (SSSR count). The van der Waals surface area contributed by atoms with E-state index < -0.39 is 0 Å². The SMILES string of the molecule is C=C/N=C(I)\N=C/C. The molecule has 0 aliphatic carbocycles. The molecular weight excluding hydrogens is 215 g/mol. The number of halogens is 1. The van der Waals surface area contributed by atoms with Crippen molar-refractivity contribution in [3.63, 3.8) is 0 Å². The summed E-state index contributed by atoms with van der Waals surface area (Å²) in [5.74, 6) is 0. The van der Waals surface area contributed by atoms with Crippen LogP contribution in [0, 0.1) is 0 Å². The predicted molar refractivity (Wildman–Crippen MR) is 45.8 cm³/mol. The fraction of sp³-hybridized carbons (Fsp3) is 0.200. The Balaban J connectivity index is 3.79. The molecule has 0 unspecified atom stereocenters. The van der Waals surface area contributed by atoms with Crippen LogP contribution in [0.1, 0.15) is 6.92 Å². The third-order valence-electron chi connectivity index (χ3n) is 0.433. The number of hydrogen-bond acceptors (Lipinski definition) is 1. The maximum absolute atomic E-state index is 3.85. The number of nitrogens with zero attached hydrogens (tertiary/aromatic N) is 2. The summed E-state index contributed by atoms with van der Waals surface area (Å²) < 4.78 is 0.708. The van der Waals surface area contributed by atoms with Crippen molar-refractivity contribution in [2.45, 2.75) is 6.92 Å². The van der Waals surface area contributed by atoms with Crippen molar-refractivity contribution in [3.8, 4) is 0 Å². The molecule has 0 aliphatic rings. The topological polar surface area (TPSA) is 24.7 Å². The Labute approximate surface area is 62.6 Å². The number of rotatable bonds is 1. The second-order valence-corrected chi connectivity index (χ2v) is 1.93. The van der Waals surface area contributed by atoms with Gasteiger partial charge in [-0.15, -0.1) is 0 Å². The quantitative estimate of drug-likeness (QED) is 0.280. The summed E-state index contributed by atoms with van der Waals surface area (Å²) in [6, 6.07) is 0. The van der Waals surface area contributed by atoms with Crippen molar-refractivity contribution in [3.05, 3.63) is 12.8 Å². The van der Waals surface area contributed by atoms with E-state index in [0.717, 1.165) is 0 Å². The van der Waals surface area contributed by atoms with Gasteiger partial charge in [0.1, 0.15) is 0 Å². The number of aliphatic imine (C=N–C) groups is 2. The molecule has 0 amide bonds. The molecule has 0 N–H and O–H groups in total. The molecule has 8 heavy (non-hydrogen) atoms. The Morgan fingerprint density at radius 3 is 2.75 bits per heavy atom. The summed E-state index contributed by atoms with van der Waals surface area (Å²) in [5, 5.41) is 0. The van der Waals surface area contributed by atoms with Crippen LogP contribution in [0.4, 0.5) is 0 Å². The van der Waals surface area contributed by atoms with Gasteiger partial charge in [-0.1, -0.05) is 6.58 Å². The molecule has 0 aromatic carbocycles. The lowest BCUT2D eigenvalue weighted by Crippen LogP contribution is -1.75. The van der Waals surface area contributed by atoms with E-state index in [2.05, 4.69) is 16.6 Å². The second-order valence-electron chi connectivity index (χ2n) is 0.968. The van der Waals surface area contributed by atoms with E-state index in [1.807, 2.05) is 29.5 Å². The highest BCUT2D eigenvalue weighted by atomic mass is 127. The zero-order chi connectivity index (χ0) is 6.41. The lowest BCUT2D eigenvalue weighted by Gasteiger charge is -1.79. The van der Waals surface area contributed by atoms with E-state index in [0.29, 0.717) is 3.84 Å². The number of amidine groups is 1. The molecule has 0 aromatic heterocycles. The third-order valence-corrected chi connectivity index (χ3v) is 0.991. The molecule has 0 fully saturated rings. The van der Waals surface area contributed by atoms with Crippen molar-refractivity contribution in [1.82, 2.24) is 0 Å². The van der Waals surface area contributed by atoms with Crippen molar-refractivity contribution in [2.75, 3.05) is 0 Å². The van der Waals surface area contributed by atoms with Crippen LogP contribution in [0.25, 0.3) is 0 Å². The van der Waals surface area contributed by atoms with E-state index in [9.17, 15) is 0 Å². The van der Waals surface area contributed by atoms with E-state index in [1.165, 1.54) is 6.20 Å². The summed E-state index contributed by atoms with van der Waals surface area (Å²) in [5.41, 5.74) is 0. The van der Waals surface area contributed by atoms with Crippen LogP contribution in [-0.4, -0.2) is 10.1 Å². The van der Waals surface area contributed by atoms with E-state index in [1.54, 1.807) is 6.21 Å². The fourth-order valence-corrected chi connectivity index (χ4v) is 0.691. The molecule has 44 valence electrons. The van der Waals surface area contributed by atoms with Gasteiger partial charge in [-0.25, -0.2) is 9.98 Å². The Kier molecular flexibility index (Phi) is 4.84. The van der Waals surface area contributed by atoms with Crippen LogP contribution in [0.2, 0.25) is 0 Å². The van der Waals surface area contributed by atoms with Gasteiger partial charge in [0.2, 0.25) is 0 Å². The van der Waals surface area contributed by atoms with Crippen LogP contribution in [0.3, 0.4) is 0 Å². The molecule has 3 heteroatoms. The molecule has 0 atom stereocenters. The van der Waals surface area contributed by atoms with Gasteiger partial charge in [0.25, 0.3) is 0 Å². The average molecular weight is 222 g/mol. The van der Waals surface area contributed by atoms with Gasteiger partial charge in [0.15, 0.2) is 3.84 Å². The molecule has 0 aliphatic heterocycles. The minimum atomic E-state index is 0.708. The van der Waals surface area contributed by atoms with Gasteiger partial charge in [0.05, 0.1) is 0 Å². The van der Waals surface area contributed by atoms with Crippen molar-refractivity contribution in [2.24, 2.45) is 9.98 Å². The van der Waals surface area contributed by atoms with Crippen LogP contribution in [-0.2, 0) is 0 Å². The van der Waals surface area contributed by atoms with E-state index >= 15 is 0 Å². The summed E-state index contributed by atoms with van der Waals surface area (Å²) in [7, 11) is 0. The second kappa shape index (κ2) is 4.96. The zero-order valence-corrected chi connectivity index (χ0v) is 6.79. The minimum Gasteiger partial charge on any atom is -0.236 e. The van der Waals surface area contributed by atoms with Crippen LogP contribution in [0.15, 0.2) is 22.8 Å². The lowest BCUT2D eigenvalue weighted by atomic mass is 10.9. The Morgan fingerprint density at radius 2 is 2.38 bits per heavy atom. The molecule has 0 saturated heterocycles.